The van der Waals surface area contributed by atoms with Crippen LogP contribution in [0, 0.1) is 11.3 Å². The minimum absolute atomic E-state index is 0.224. The normalized spacial score (nSPS) is 9.86. The number of esters is 1. The van der Waals surface area contributed by atoms with Crippen LogP contribution in [0.15, 0.2) is 48.5 Å². The molecule has 21 heavy (non-hydrogen) atoms. The van der Waals surface area contributed by atoms with E-state index in [9.17, 15) is 4.79 Å². The van der Waals surface area contributed by atoms with Gasteiger partial charge in [0, 0.05) is 12.1 Å². The van der Waals surface area contributed by atoms with Crippen molar-refractivity contribution in [1.29, 1.82) is 5.26 Å². The van der Waals surface area contributed by atoms with Crippen LogP contribution in [0.1, 0.15) is 23.1 Å². The van der Waals surface area contributed by atoms with E-state index in [1.807, 2.05) is 30.3 Å². The summed E-state index contributed by atoms with van der Waals surface area (Å²) in [6.45, 7) is 0.224. The van der Waals surface area contributed by atoms with Gasteiger partial charge >= 0.3 is 5.97 Å². The number of nitrogens with two attached hydrogens (primary N) is 1. The Morgan fingerprint density at radius 3 is 2.57 bits per heavy atom. The summed E-state index contributed by atoms with van der Waals surface area (Å²) in [7, 11) is 0. The number of carbonyl (C=O) groups excluding carboxylic acids is 1. The molecule has 2 N–H and O–H groups in total. The first-order chi connectivity index (χ1) is 10.2. The third kappa shape index (κ3) is 4.66. The van der Waals surface area contributed by atoms with Gasteiger partial charge in [-0.1, -0.05) is 24.3 Å². The SMILES string of the molecule is N#Cc1ccc(COC(=O)CCc2cccc(N)c2)cc1. The van der Waals surface area contributed by atoms with Crippen molar-refractivity contribution in [3.63, 3.8) is 0 Å². The summed E-state index contributed by atoms with van der Waals surface area (Å²) in [5.41, 5.74) is 8.85. The van der Waals surface area contributed by atoms with Gasteiger partial charge in [0.15, 0.2) is 0 Å². The zero-order valence-corrected chi connectivity index (χ0v) is 11.6. The number of benzene rings is 2. The Morgan fingerprint density at radius 2 is 1.90 bits per heavy atom. The molecule has 4 heteroatoms. The Labute approximate surface area is 123 Å². The fourth-order valence-electron chi connectivity index (χ4n) is 1.91. The number of rotatable bonds is 5. The first-order valence-corrected chi connectivity index (χ1v) is 6.66. The van der Waals surface area contributed by atoms with Gasteiger partial charge in [0.05, 0.1) is 11.6 Å². The van der Waals surface area contributed by atoms with Crippen molar-refractivity contribution < 1.29 is 9.53 Å². The molecule has 0 aliphatic rings. The highest BCUT2D eigenvalue weighted by Crippen LogP contribution is 2.10. The Balaban J connectivity index is 1.78. The number of hydrogen-bond donors (Lipinski definition) is 1. The van der Waals surface area contributed by atoms with Crippen LogP contribution in [0.5, 0.6) is 0 Å². The van der Waals surface area contributed by atoms with Gasteiger partial charge in [0.1, 0.15) is 6.61 Å². The summed E-state index contributed by atoms with van der Waals surface area (Å²) >= 11 is 0. The minimum atomic E-state index is -0.248. The Hall–Kier alpha value is -2.80. The van der Waals surface area contributed by atoms with E-state index in [0.717, 1.165) is 11.1 Å². The fourth-order valence-corrected chi connectivity index (χ4v) is 1.91. The molecule has 2 aromatic carbocycles. The monoisotopic (exact) mass is 280 g/mol. The average Bonchev–Trinajstić information content (AvgIpc) is 2.51. The molecule has 0 spiro atoms. The lowest BCUT2D eigenvalue weighted by Gasteiger charge is -2.05. The molecule has 0 saturated carbocycles. The molecule has 0 aliphatic carbocycles. The first-order valence-electron chi connectivity index (χ1n) is 6.66. The van der Waals surface area contributed by atoms with Crippen LogP contribution >= 0.6 is 0 Å². The zero-order chi connectivity index (χ0) is 15.1. The van der Waals surface area contributed by atoms with Crippen LogP contribution in [0.2, 0.25) is 0 Å². The van der Waals surface area contributed by atoms with Crippen LogP contribution < -0.4 is 5.73 Å². The smallest absolute Gasteiger partial charge is 0.306 e. The number of ether oxygens (including phenoxy) is 1. The quantitative estimate of drug-likeness (QED) is 0.675. The molecule has 0 bridgehead atoms. The summed E-state index contributed by atoms with van der Waals surface area (Å²) < 4.78 is 5.20. The molecule has 0 amide bonds. The van der Waals surface area contributed by atoms with Crippen molar-refractivity contribution in [1.82, 2.24) is 0 Å². The van der Waals surface area contributed by atoms with Crippen LogP contribution in [0.3, 0.4) is 0 Å². The number of aryl methyl sites for hydroxylation is 1. The maximum atomic E-state index is 11.7. The molecule has 106 valence electrons. The van der Waals surface area contributed by atoms with E-state index in [1.54, 1.807) is 24.3 Å². The Morgan fingerprint density at radius 1 is 1.14 bits per heavy atom. The largest absolute Gasteiger partial charge is 0.461 e. The molecule has 0 atom stereocenters. The van der Waals surface area contributed by atoms with Gasteiger partial charge < -0.3 is 10.5 Å². The van der Waals surface area contributed by atoms with Crippen molar-refractivity contribution in [2.45, 2.75) is 19.4 Å². The topological polar surface area (TPSA) is 76.1 Å². The number of nitrogens with zero attached hydrogens (tertiary/aromatic N) is 1. The van der Waals surface area contributed by atoms with E-state index in [0.29, 0.717) is 24.1 Å². The highest BCUT2D eigenvalue weighted by Gasteiger charge is 2.05. The van der Waals surface area contributed by atoms with Crippen LogP contribution in [-0.2, 0) is 22.6 Å². The van der Waals surface area contributed by atoms with Crippen LogP contribution in [-0.4, -0.2) is 5.97 Å². The van der Waals surface area contributed by atoms with Gasteiger partial charge in [-0.2, -0.15) is 5.26 Å². The van der Waals surface area contributed by atoms with E-state index < -0.39 is 0 Å². The van der Waals surface area contributed by atoms with Crippen molar-refractivity contribution in [2.75, 3.05) is 5.73 Å². The molecule has 0 unspecified atom stereocenters. The predicted octanol–water partition coefficient (Wildman–Crippen LogP) is 2.82. The van der Waals surface area contributed by atoms with Gasteiger partial charge in [-0.25, -0.2) is 0 Å². The molecular formula is C17H16N2O2. The summed E-state index contributed by atoms with van der Waals surface area (Å²) in [5.74, 6) is -0.248. The molecular weight excluding hydrogens is 264 g/mol. The van der Waals surface area contributed by atoms with Crippen molar-refractivity contribution in [2.24, 2.45) is 0 Å². The van der Waals surface area contributed by atoms with E-state index in [2.05, 4.69) is 0 Å². The first kappa shape index (κ1) is 14.6. The van der Waals surface area contributed by atoms with Gasteiger partial charge in [-0.15, -0.1) is 0 Å². The van der Waals surface area contributed by atoms with Crippen LogP contribution in [0.4, 0.5) is 5.69 Å². The van der Waals surface area contributed by atoms with E-state index in [4.69, 9.17) is 15.7 Å². The summed E-state index contributed by atoms with van der Waals surface area (Å²) in [5, 5.41) is 8.70. The predicted molar refractivity (Wildman–Crippen MR) is 80.1 cm³/mol. The average molecular weight is 280 g/mol. The van der Waals surface area contributed by atoms with E-state index in [-0.39, 0.29) is 12.6 Å². The molecule has 2 aromatic rings. The number of anilines is 1. The van der Waals surface area contributed by atoms with E-state index in [1.165, 1.54) is 0 Å². The molecule has 0 aromatic heterocycles. The molecule has 2 rings (SSSR count). The number of hydrogen-bond acceptors (Lipinski definition) is 4. The second kappa shape index (κ2) is 7.11. The third-order valence-electron chi connectivity index (χ3n) is 3.05. The summed E-state index contributed by atoms with van der Waals surface area (Å²) in [4.78, 5) is 11.7. The maximum Gasteiger partial charge on any atom is 0.306 e. The lowest BCUT2D eigenvalue weighted by molar-refractivity contribution is -0.144. The van der Waals surface area contributed by atoms with E-state index >= 15 is 0 Å². The molecule has 4 nitrogen and oxygen atoms in total. The third-order valence-corrected chi connectivity index (χ3v) is 3.05. The standard InChI is InChI=1S/C17H16N2O2/c18-11-14-4-6-15(7-5-14)12-21-17(20)9-8-13-2-1-3-16(19)10-13/h1-7,10H,8-9,12,19H2. The number of carbonyl (C=O) groups is 1. The lowest BCUT2D eigenvalue weighted by atomic mass is 10.1. The number of nitrogen functional groups attached to an aromatic ring is 1. The fraction of sp³-hybridized carbons (Fsp3) is 0.176. The Bertz CT molecular complexity index is 657. The molecule has 0 radical (unpaired) electrons. The van der Waals surface area contributed by atoms with Crippen molar-refractivity contribution in [3.05, 3.63) is 65.2 Å². The summed E-state index contributed by atoms with van der Waals surface area (Å²) in [6, 6.07) is 16.5. The second-order valence-corrected chi connectivity index (χ2v) is 4.71. The maximum absolute atomic E-state index is 11.7. The molecule has 0 heterocycles. The molecule has 0 aliphatic heterocycles. The second-order valence-electron chi connectivity index (χ2n) is 4.71. The van der Waals surface area contributed by atoms with Gasteiger partial charge in [0.2, 0.25) is 0 Å². The highest BCUT2D eigenvalue weighted by atomic mass is 16.5. The van der Waals surface area contributed by atoms with Crippen molar-refractivity contribution in [3.8, 4) is 6.07 Å². The summed E-state index contributed by atoms with van der Waals surface area (Å²) in [6.07, 6.45) is 0.928. The zero-order valence-electron chi connectivity index (χ0n) is 11.6. The minimum Gasteiger partial charge on any atom is -0.461 e. The highest BCUT2D eigenvalue weighted by molar-refractivity contribution is 5.69. The molecule has 0 saturated heterocycles. The van der Waals surface area contributed by atoms with Gasteiger partial charge in [-0.05, 0) is 41.8 Å². The van der Waals surface area contributed by atoms with Gasteiger partial charge in [0.25, 0.3) is 0 Å². The van der Waals surface area contributed by atoms with Gasteiger partial charge in [-0.3, -0.25) is 4.79 Å². The van der Waals surface area contributed by atoms with Crippen molar-refractivity contribution >= 4 is 11.7 Å². The van der Waals surface area contributed by atoms with Crippen LogP contribution in [0.25, 0.3) is 0 Å². The number of nitriles is 1. The lowest BCUT2D eigenvalue weighted by Crippen LogP contribution is -2.06. The molecule has 0 fully saturated rings. The Kier molecular flexibility index (Phi) is 4.94.